The Hall–Kier alpha value is -2.96. The lowest BCUT2D eigenvalue weighted by molar-refractivity contribution is -0.137. The predicted octanol–water partition coefficient (Wildman–Crippen LogP) is 3.80. The molecule has 0 bridgehead atoms. The zero-order valence-electron chi connectivity index (χ0n) is 15.7. The number of carbonyl (C=O) groups excluding carboxylic acids is 1. The van der Waals surface area contributed by atoms with E-state index in [0.717, 1.165) is 23.3 Å². The molecule has 0 saturated heterocycles. The number of phenols is 1. The molecule has 0 saturated carbocycles. The number of aromatic nitrogens is 2. The zero-order valence-corrected chi connectivity index (χ0v) is 15.7. The van der Waals surface area contributed by atoms with E-state index in [-0.39, 0.29) is 17.6 Å². The first kappa shape index (κ1) is 18.4. The molecule has 7 heteroatoms. The van der Waals surface area contributed by atoms with Crippen LogP contribution in [-0.4, -0.2) is 32.0 Å². The molecule has 4 rings (SSSR count). The molecule has 1 unspecified atom stereocenters. The van der Waals surface area contributed by atoms with Crippen molar-refractivity contribution in [3.8, 4) is 5.75 Å². The summed E-state index contributed by atoms with van der Waals surface area (Å²) in [4.78, 5) is 19.3. The highest BCUT2D eigenvalue weighted by atomic mass is 19.2. The molecular formula is C21H21F2N3O2. The molecular weight excluding hydrogens is 364 g/mol. The van der Waals surface area contributed by atoms with Crippen molar-refractivity contribution in [3.05, 3.63) is 59.4 Å². The number of phenolic OH excluding ortho intramolecular Hbond substituents is 1. The van der Waals surface area contributed by atoms with Gasteiger partial charge in [-0.3, -0.25) is 4.79 Å². The van der Waals surface area contributed by atoms with Crippen molar-refractivity contribution in [1.82, 2.24) is 14.5 Å². The minimum atomic E-state index is -0.966. The third-order valence-electron chi connectivity index (χ3n) is 5.31. The number of benzene rings is 2. The molecule has 0 aliphatic carbocycles. The van der Waals surface area contributed by atoms with Crippen molar-refractivity contribution < 1.29 is 18.7 Å². The van der Waals surface area contributed by atoms with Crippen LogP contribution in [0.4, 0.5) is 8.78 Å². The molecule has 1 aromatic heterocycles. The van der Waals surface area contributed by atoms with Crippen LogP contribution in [0.25, 0.3) is 11.0 Å². The largest absolute Gasteiger partial charge is 0.508 e. The number of fused-ring (bicyclic) bond motifs is 2. The highest BCUT2D eigenvalue weighted by molar-refractivity contribution is 5.84. The first-order valence-corrected chi connectivity index (χ1v) is 9.26. The van der Waals surface area contributed by atoms with E-state index in [1.165, 1.54) is 6.33 Å². The second kappa shape index (κ2) is 6.89. The summed E-state index contributed by atoms with van der Waals surface area (Å²) >= 11 is 0. The first-order valence-electron chi connectivity index (χ1n) is 9.26. The quantitative estimate of drug-likeness (QED) is 0.746. The van der Waals surface area contributed by atoms with Crippen LogP contribution in [-0.2, 0) is 17.8 Å². The summed E-state index contributed by atoms with van der Waals surface area (Å²) < 4.78 is 28.9. The van der Waals surface area contributed by atoms with Gasteiger partial charge in [-0.25, -0.2) is 13.8 Å². The third-order valence-corrected chi connectivity index (χ3v) is 5.31. The molecule has 1 aliphatic heterocycles. The monoisotopic (exact) mass is 385 g/mol. The molecule has 5 nitrogen and oxygen atoms in total. The number of hydrogen-bond donors (Lipinski definition) is 1. The molecule has 1 N–H and O–H groups in total. The van der Waals surface area contributed by atoms with E-state index in [2.05, 4.69) is 4.98 Å². The predicted molar refractivity (Wildman–Crippen MR) is 101 cm³/mol. The first-order chi connectivity index (χ1) is 13.3. The summed E-state index contributed by atoms with van der Waals surface area (Å²) in [5.41, 5.74) is 2.74. The van der Waals surface area contributed by atoms with Gasteiger partial charge in [-0.1, -0.05) is 19.9 Å². The highest BCUT2D eigenvalue weighted by Gasteiger charge is 2.32. The second-order valence-electron chi connectivity index (χ2n) is 7.56. The minimum Gasteiger partial charge on any atom is -0.508 e. The number of aromatic hydroxyl groups is 1. The fourth-order valence-electron chi connectivity index (χ4n) is 3.89. The van der Waals surface area contributed by atoms with Gasteiger partial charge in [0.1, 0.15) is 11.8 Å². The molecule has 0 spiro atoms. The van der Waals surface area contributed by atoms with Gasteiger partial charge in [0.2, 0.25) is 5.91 Å². The normalized spacial score (nSPS) is 15.1. The lowest BCUT2D eigenvalue weighted by Gasteiger charge is -2.34. The van der Waals surface area contributed by atoms with Crippen LogP contribution in [0.15, 0.2) is 36.7 Å². The lowest BCUT2D eigenvalue weighted by atomic mass is 9.96. The maximum absolute atomic E-state index is 13.8. The molecule has 0 radical (unpaired) electrons. The molecule has 1 atom stereocenters. The molecule has 3 aromatic rings. The van der Waals surface area contributed by atoms with Crippen LogP contribution in [0.5, 0.6) is 5.75 Å². The standard InChI is InChI=1S/C21H21F2N3O2/c1-12(2)20(26-11-24-18-8-16(22)17(23)9-19(18)26)21(28)25-6-5-13-3-4-15(27)7-14(13)10-25/h3-4,7-9,11-12,20,27H,5-6,10H2,1-2H3. The summed E-state index contributed by atoms with van der Waals surface area (Å²) in [6.45, 7) is 4.80. The summed E-state index contributed by atoms with van der Waals surface area (Å²) in [5, 5.41) is 9.75. The van der Waals surface area contributed by atoms with Gasteiger partial charge in [-0.05, 0) is 35.6 Å². The summed E-state index contributed by atoms with van der Waals surface area (Å²) in [6.07, 6.45) is 2.17. The molecule has 1 amide bonds. The van der Waals surface area contributed by atoms with Gasteiger partial charge in [0.25, 0.3) is 0 Å². The number of rotatable bonds is 3. The van der Waals surface area contributed by atoms with E-state index < -0.39 is 17.7 Å². The summed E-state index contributed by atoms with van der Waals surface area (Å²) in [5.74, 6) is -1.94. The van der Waals surface area contributed by atoms with E-state index in [0.29, 0.717) is 30.5 Å². The zero-order chi connectivity index (χ0) is 20.0. The fraction of sp³-hybridized carbons (Fsp3) is 0.333. The maximum atomic E-state index is 13.8. The summed E-state index contributed by atoms with van der Waals surface area (Å²) in [7, 11) is 0. The van der Waals surface area contributed by atoms with E-state index in [1.807, 2.05) is 19.9 Å². The van der Waals surface area contributed by atoms with Crippen LogP contribution in [0, 0.1) is 17.6 Å². The van der Waals surface area contributed by atoms with Crippen molar-refractivity contribution in [2.45, 2.75) is 32.9 Å². The van der Waals surface area contributed by atoms with Crippen LogP contribution < -0.4 is 0 Å². The topological polar surface area (TPSA) is 58.4 Å². The van der Waals surface area contributed by atoms with Crippen molar-refractivity contribution in [1.29, 1.82) is 0 Å². The number of carbonyl (C=O) groups is 1. The van der Waals surface area contributed by atoms with Gasteiger partial charge < -0.3 is 14.6 Å². The van der Waals surface area contributed by atoms with Gasteiger partial charge in [-0.15, -0.1) is 0 Å². The Morgan fingerprint density at radius 1 is 1.14 bits per heavy atom. The highest BCUT2D eigenvalue weighted by Crippen LogP contribution is 2.30. The third kappa shape index (κ3) is 3.10. The molecule has 2 heterocycles. The Morgan fingerprint density at radius 2 is 1.89 bits per heavy atom. The lowest BCUT2D eigenvalue weighted by Crippen LogP contribution is -2.42. The second-order valence-corrected chi connectivity index (χ2v) is 7.56. The SMILES string of the molecule is CC(C)C(C(=O)N1CCc2ccc(O)cc2C1)n1cnc2cc(F)c(F)cc21. The minimum absolute atomic E-state index is 0.0800. The Kier molecular flexibility index (Phi) is 4.53. The molecule has 28 heavy (non-hydrogen) atoms. The van der Waals surface area contributed by atoms with Crippen LogP contribution >= 0.6 is 0 Å². The number of imidazole rings is 1. The molecule has 0 fully saturated rings. The van der Waals surface area contributed by atoms with Crippen LogP contribution in [0.1, 0.15) is 31.0 Å². The molecule has 1 aliphatic rings. The summed E-state index contributed by atoms with van der Waals surface area (Å²) in [6, 6.07) is 6.76. The smallest absolute Gasteiger partial charge is 0.246 e. The fourth-order valence-corrected chi connectivity index (χ4v) is 3.89. The van der Waals surface area contributed by atoms with E-state index in [9.17, 15) is 18.7 Å². The Balaban J connectivity index is 1.69. The van der Waals surface area contributed by atoms with E-state index in [1.54, 1.807) is 21.6 Å². The van der Waals surface area contributed by atoms with Gasteiger partial charge in [0.05, 0.1) is 17.4 Å². The molecule has 146 valence electrons. The van der Waals surface area contributed by atoms with Gasteiger partial charge in [0, 0.05) is 25.2 Å². The number of halogens is 2. The number of hydrogen-bond acceptors (Lipinski definition) is 3. The maximum Gasteiger partial charge on any atom is 0.246 e. The Morgan fingerprint density at radius 3 is 2.64 bits per heavy atom. The average Bonchev–Trinajstić information content (AvgIpc) is 3.03. The van der Waals surface area contributed by atoms with Crippen molar-refractivity contribution in [3.63, 3.8) is 0 Å². The van der Waals surface area contributed by atoms with E-state index in [4.69, 9.17) is 0 Å². The van der Waals surface area contributed by atoms with Gasteiger partial charge in [0.15, 0.2) is 11.6 Å². The average molecular weight is 385 g/mol. The number of amides is 1. The Labute approximate surface area is 161 Å². The van der Waals surface area contributed by atoms with Gasteiger partial charge >= 0.3 is 0 Å². The Bertz CT molecular complexity index is 1060. The van der Waals surface area contributed by atoms with Crippen molar-refractivity contribution in [2.24, 2.45) is 5.92 Å². The van der Waals surface area contributed by atoms with E-state index >= 15 is 0 Å². The van der Waals surface area contributed by atoms with Crippen LogP contribution in [0.3, 0.4) is 0 Å². The van der Waals surface area contributed by atoms with Gasteiger partial charge in [-0.2, -0.15) is 0 Å². The van der Waals surface area contributed by atoms with Crippen LogP contribution in [0.2, 0.25) is 0 Å². The molecule has 2 aromatic carbocycles. The van der Waals surface area contributed by atoms with Crippen molar-refractivity contribution >= 4 is 16.9 Å². The number of nitrogens with zero attached hydrogens (tertiary/aromatic N) is 3. The van der Waals surface area contributed by atoms with Crippen molar-refractivity contribution in [2.75, 3.05) is 6.54 Å².